The number of nitrogens with one attached hydrogen (secondary N) is 1. The molecule has 24 heavy (non-hydrogen) atoms. The van der Waals surface area contributed by atoms with Gasteiger partial charge in [-0.25, -0.2) is 9.98 Å². The Balaban J connectivity index is 0.00000288. The van der Waals surface area contributed by atoms with Crippen molar-refractivity contribution in [3.8, 4) is 0 Å². The largest absolute Gasteiger partial charge is 0.363 e. The van der Waals surface area contributed by atoms with Crippen LogP contribution in [0.25, 0.3) is 0 Å². The Labute approximate surface area is 167 Å². The minimum absolute atomic E-state index is 0. The Bertz CT molecular complexity index is 548. The maximum atomic E-state index is 4.85. The second kappa shape index (κ2) is 9.70. The predicted octanol–water partition coefficient (Wildman–Crippen LogP) is 3.06. The summed E-state index contributed by atoms with van der Waals surface area (Å²) in [4.78, 5) is 13.6. The summed E-state index contributed by atoms with van der Waals surface area (Å²) < 4.78 is 0.281. The van der Waals surface area contributed by atoms with Crippen molar-refractivity contribution in [3.63, 3.8) is 0 Å². The number of rotatable bonds is 4. The molecule has 0 unspecified atom stereocenters. The van der Waals surface area contributed by atoms with Crippen molar-refractivity contribution in [2.45, 2.75) is 32.1 Å². The lowest BCUT2D eigenvalue weighted by Gasteiger charge is -2.39. The molecule has 1 aromatic heterocycles. The third kappa shape index (κ3) is 6.31. The van der Waals surface area contributed by atoms with Gasteiger partial charge in [0.2, 0.25) is 0 Å². The molecule has 1 N–H and O–H groups in total. The highest BCUT2D eigenvalue weighted by Crippen LogP contribution is 2.29. The van der Waals surface area contributed by atoms with Gasteiger partial charge in [0, 0.05) is 50.4 Å². The van der Waals surface area contributed by atoms with Crippen molar-refractivity contribution < 1.29 is 0 Å². The first-order valence-electron chi connectivity index (χ1n) is 8.21. The zero-order chi connectivity index (χ0) is 16.9. The normalized spacial score (nSPS) is 17.2. The van der Waals surface area contributed by atoms with E-state index in [4.69, 9.17) is 4.99 Å². The van der Waals surface area contributed by atoms with E-state index in [-0.39, 0.29) is 28.7 Å². The number of thioether (sulfide) groups is 1. The van der Waals surface area contributed by atoms with Crippen molar-refractivity contribution in [2.24, 2.45) is 4.99 Å². The Morgan fingerprint density at radius 2 is 2.21 bits per heavy atom. The van der Waals surface area contributed by atoms with Gasteiger partial charge in [-0.1, -0.05) is 0 Å². The molecule has 0 radical (unpaired) electrons. The van der Waals surface area contributed by atoms with E-state index in [1.165, 1.54) is 5.56 Å². The van der Waals surface area contributed by atoms with Gasteiger partial charge in [0.15, 0.2) is 5.96 Å². The highest BCUT2D eigenvalue weighted by atomic mass is 127. The molecule has 2 rings (SSSR count). The van der Waals surface area contributed by atoms with Crippen LogP contribution in [0.3, 0.4) is 0 Å². The molecule has 1 aromatic rings. The quantitative estimate of drug-likeness (QED) is 0.423. The molecule has 5 nitrogen and oxygen atoms in total. The van der Waals surface area contributed by atoms with Crippen molar-refractivity contribution in [1.82, 2.24) is 15.2 Å². The Morgan fingerprint density at radius 1 is 1.46 bits per heavy atom. The van der Waals surface area contributed by atoms with Crippen LogP contribution in [-0.4, -0.2) is 60.1 Å². The van der Waals surface area contributed by atoms with Crippen LogP contribution in [0.4, 0.5) is 5.82 Å². The van der Waals surface area contributed by atoms with Gasteiger partial charge in [-0.15, -0.1) is 24.0 Å². The van der Waals surface area contributed by atoms with Crippen LogP contribution in [-0.2, 0) is 6.54 Å². The Morgan fingerprint density at radius 3 is 2.83 bits per heavy atom. The van der Waals surface area contributed by atoms with Crippen molar-refractivity contribution in [2.75, 3.05) is 44.4 Å². The maximum absolute atomic E-state index is 4.85. The van der Waals surface area contributed by atoms with Crippen LogP contribution < -0.4 is 10.2 Å². The highest BCUT2D eigenvalue weighted by Gasteiger charge is 2.28. The minimum atomic E-state index is 0. The molecule has 0 atom stereocenters. The first-order valence-corrected chi connectivity index (χ1v) is 9.19. The molecule has 0 bridgehead atoms. The van der Waals surface area contributed by atoms with Crippen molar-refractivity contribution in [1.29, 1.82) is 0 Å². The topological polar surface area (TPSA) is 43.8 Å². The molecule has 1 aliphatic rings. The molecule has 0 aliphatic carbocycles. The molecule has 0 aromatic carbocycles. The fourth-order valence-corrected chi connectivity index (χ4v) is 3.70. The van der Waals surface area contributed by atoms with E-state index in [1.54, 1.807) is 0 Å². The van der Waals surface area contributed by atoms with Crippen molar-refractivity contribution in [3.05, 3.63) is 23.9 Å². The smallest absolute Gasteiger partial charge is 0.194 e. The number of nitrogens with zero attached hydrogens (tertiary/aromatic N) is 4. The third-order valence-electron chi connectivity index (χ3n) is 3.74. The number of anilines is 1. The lowest BCUT2D eigenvalue weighted by Crippen LogP contribution is -2.50. The van der Waals surface area contributed by atoms with E-state index in [2.05, 4.69) is 42.0 Å². The van der Waals surface area contributed by atoms with Crippen LogP contribution in [0, 0.1) is 0 Å². The first-order chi connectivity index (χ1) is 10.9. The molecule has 0 spiro atoms. The van der Waals surface area contributed by atoms with Gasteiger partial charge >= 0.3 is 0 Å². The molecule has 7 heteroatoms. The third-order valence-corrected chi connectivity index (χ3v) is 5.04. The standard InChI is InChI=1S/C17H29N5S.HI/c1-6-18-16(22-9-10-23-17(2,3)13-22)20-12-14-7-8-19-15(11-14)21(4)5;/h7-8,11H,6,9-10,12-13H2,1-5H3,(H,18,20);1H. The molecule has 1 fully saturated rings. The van der Waals surface area contributed by atoms with Crippen molar-refractivity contribution >= 4 is 47.5 Å². The van der Waals surface area contributed by atoms with E-state index in [0.717, 1.165) is 37.2 Å². The lowest BCUT2D eigenvalue weighted by molar-refractivity contribution is 0.376. The number of aromatic nitrogens is 1. The van der Waals surface area contributed by atoms with Crippen LogP contribution >= 0.6 is 35.7 Å². The van der Waals surface area contributed by atoms with Crippen LogP contribution in [0.1, 0.15) is 26.3 Å². The fourth-order valence-electron chi connectivity index (χ4n) is 2.59. The van der Waals surface area contributed by atoms with Gasteiger partial charge in [0.1, 0.15) is 5.82 Å². The van der Waals surface area contributed by atoms with Gasteiger partial charge in [-0.05, 0) is 38.5 Å². The summed E-state index contributed by atoms with van der Waals surface area (Å²) in [6.07, 6.45) is 1.85. The molecular formula is C17H30IN5S. The summed E-state index contributed by atoms with van der Waals surface area (Å²) in [5.74, 6) is 3.14. The Hall–Kier alpha value is -0.700. The van der Waals surface area contributed by atoms with Crippen LogP contribution in [0.5, 0.6) is 0 Å². The van der Waals surface area contributed by atoms with Gasteiger partial charge in [0.25, 0.3) is 0 Å². The van der Waals surface area contributed by atoms with Crippen LogP contribution in [0.2, 0.25) is 0 Å². The number of hydrogen-bond acceptors (Lipinski definition) is 4. The summed E-state index contributed by atoms with van der Waals surface area (Å²) in [7, 11) is 4.01. The first kappa shape index (κ1) is 21.3. The van der Waals surface area contributed by atoms with Gasteiger partial charge in [0.05, 0.1) is 6.54 Å². The number of aliphatic imine (C=N–C) groups is 1. The van der Waals surface area contributed by atoms with E-state index < -0.39 is 0 Å². The van der Waals surface area contributed by atoms with E-state index >= 15 is 0 Å². The summed E-state index contributed by atoms with van der Waals surface area (Å²) in [5, 5.41) is 3.44. The maximum Gasteiger partial charge on any atom is 0.194 e. The number of halogens is 1. The molecule has 0 saturated carbocycles. The Kier molecular flexibility index (Phi) is 8.62. The monoisotopic (exact) mass is 463 g/mol. The van der Waals surface area contributed by atoms with E-state index in [9.17, 15) is 0 Å². The average Bonchev–Trinajstić information content (AvgIpc) is 2.50. The highest BCUT2D eigenvalue weighted by molar-refractivity contribution is 14.0. The summed E-state index contributed by atoms with van der Waals surface area (Å²) in [6, 6.07) is 4.14. The fraction of sp³-hybridized carbons (Fsp3) is 0.647. The predicted molar refractivity (Wildman–Crippen MR) is 117 cm³/mol. The SMILES string of the molecule is CCNC(=NCc1ccnc(N(C)C)c1)N1CCSC(C)(C)C1.I. The molecular weight excluding hydrogens is 433 g/mol. The number of guanidine groups is 1. The number of pyridine rings is 1. The van der Waals surface area contributed by atoms with Gasteiger partial charge in [-0.2, -0.15) is 11.8 Å². The molecule has 2 heterocycles. The lowest BCUT2D eigenvalue weighted by atomic mass is 10.2. The summed E-state index contributed by atoms with van der Waals surface area (Å²) in [6.45, 7) is 10.4. The van der Waals surface area contributed by atoms with E-state index in [0.29, 0.717) is 6.54 Å². The molecule has 136 valence electrons. The molecule has 0 amide bonds. The van der Waals surface area contributed by atoms with Crippen LogP contribution in [0.15, 0.2) is 23.3 Å². The van der Waals surface area contributed by atoms with Gasteiger partial charge < -0.3 is 15.1 Å². The second-order valence-corrected chi connectivity index (χ2v) is 8.42. The minimum Gasteiger partial charge on any atom is -0.363 e. The zero-order valence-corrected chi connectivity index (χ0v) is 18.5. The molecule has 1 aliphatic heterocycles. The number of hydrogen-bond donors (Lipinski definition) is 1. The average molecular weight is 463 g/mol. The van der Waals surface area contributed by atoms with E-state index in [1.807, 2.05) is 43.0 Å². The summed E-state index contributed by atoms with van der Waals surface area (Å²) >= 11 is 2.04. The van der Waals surface area contributed by atoms with Gasteiger partial charge in [-0.3, -0.25) is 0 Å². The molecule has 1 saturated heterocycles. The second-order valence-electron chi connectivity index (χ2n) is 6.62. The summed E-state index contributed by atoms with van der Waals surface area (Å²) in [5.41, 5.74) is 1.18. The zero-order valence-electron chi connectivity index (χ0n) is 15.4.